The molecule has 5 heteroatoms. The highest BCUT2D eigenvalue weighted by Gasteiger charge is 2.09. The summed E-state index contributed by atoms with van der Waals surface area (Å²) in [7, 11) is 0. The molecule has 0 aliphatic rings. The Morgan fingerprint density at radius 3 is 2.81 bits per heavy atom. The molecule has 2 rings (SSSR count). The van der Waals surface area contributed by atoms with Crippen LogP contribution in [0.5, 0.6) is 0 Å². The van der Waals surface area contributed by atoms with Crippen LogP contribution in [0.3, 0.4) is 0 Å². The number of pyridine rings is 1. The molecule has 1 amide bonds. The van der Waals surface area contributed by atoms with Gasteiger partial charge in [0.2, 0.25) is 5.91 Å². The minimum Gasteiger partial charge on any atom is -0.349 e. The largest absolute Gasteiger partial charge is 0.349 e. The van der Waals surface area contributed by atoms with E-state index in [0.717, 1.165) is 15.8 Å². The number of halogens is 1. The van der Waals surface area contributed by atoms with E-state index in [4.69, 9.17) is 0 Å². The smallest absolute Gasteiger partial charge is 0.230 e. The Kier molecular flexibility index (Phi) is 6.26. The zero-order chi connectivity index (χ0) is 15.1. The summed E-state index contributed by atoms with van der Waals surface area (Å²) in [5.41, 5.74) is 2.28. The second-order valence-corrected chi connectivity index (χ2v) is 6.59. The Balaban J connectivity index is 1.76. The number of aromatic nitrogens is 1. The van der Waals surface area contributed by atoms with Crippen molar-refractivity contribution in [3.05, 3.63) is 64.4 Å². The molecular weight excluding hydrogens is 348 g/mol. The predicted octanol–water partition coefficient (Wildman–Crippen LogP) is 3.95. The molecule has 0 aliphatic heterocycles. The standard InChI is InChI=1S/C16H17BrN2OS/c1-12(14-3-2-4-15(17)9-14)19-16(20)11-21-10-13-5-7-18-8-6-13/h2-9,12H,10-11H2,1H3,(H,19,20). The predicted molar refractivity (Wildman–Crippen MR) is 91.1 cm³/mol. The molecule has 0 spiro atoms. The van der Waals surface area contributed by atoms with Gasteiger partial charge in [0.05, 0.1) is 11.8 Å². The van der Waals surface area contributed by atoms with Crippen LogP contribution in [0.4, 0.5) is 0 Å². The first kappa shape index (κ1) is 16.0. The summed E-state index contributed by atoms with van der Waals surface area (Å²) in [5.74, 6) is 1.34. The van der Waals surface area contributed by atoms with Crippen LogP contribution >= 0.6 is 27.7 Å². The summed E-state index contributed by atoms with van der Waals surface area (Å²) in [6, 6.07) is 11.9. The van der Waals surface area contributed by atoms with Crippen LogP contribution in [0, 0.1) is 0 Å². The van der Waals surface area contributed by atoms with Crippen LogP contribution in [-0.2, 0) is 10.5 Å². The first-order chi connectivity index (χ1) is 10.1. The highest BCUT2D eigenvalue weighted by atomic mass is 79.9. The summed E-state index contributed by atoms with van der Waals surface area (Å²) >= 11 is 5.05. The van der Waals surface area contributed by atoms with Crippen LogP contribution in [-0.4, -0.2) is 16.6 Å². The number of carbonyl (C=O) groups excluding carboxylic acids is 1. The number of rotatable bonds is 6. The van der Waals surface area contributed by atoms with E-state index >= 15 is 0 Å². The SMILES string of the molecule is CC(NC(=O)CSCc1ccncc1)c1cccc(Br)c1. The van der Waals surface area contributed by atoms with E-state index < -0.39 is 0 Å². The normalized spacial score (nSPS) is 11.9. The van der Waals surface area contributed by atoms with Crippen molar-refractivity contribution < 1.29 is 4.79 Å². The number of amides is 1. The zero-order valence-corrected chi connectivity index (χ0v) is 14.2. The average Bonchev–Trinajstić information content (AvgIpc) is 2.48. The summed E-state index contributed by atoms with van der Waals surface area (Å²) < 4.78 is 1.02. The van der Waals surface area contributed by atoms with Gasteiger partial charge in [-0.05, 0) is 42.3 Å². The molecule has 0 bridgehead atoms. The maximum absolute atomic E-state index is 11.9. The van der Waals surface area contributed by atoms with Gasteiger partial charge in [-0.2, -0.15) is 0 Å². The van der Waals surface area contributed by atoms with E-state index in [9.17, 15) is 4.79 Å². The van der Waals surface area contributed by atoms with Gasteiger partial charge in [-0.15, -0.1) is 11.8 Å². The van der Waals surface area contributed by atoms with Gasteiger partial charge in [0.1, 0.15) is 0 Å². The maximum Gasteiger partial charge on any atom is 0.230 e. The summed E-state index contributed by atoms with van der Waals surface area (Å²) in [4.78, 5) is 15.9. The molecule has 21 heavy (non-hydrogen) atoms. The van der Waals surface area contributed by atoms with Crippen LogP contribution in [0.1, 0.15) is 24.1 Å². The van der Waals surface area contributed by atoms with Gasteiger partial charge in [0.25, 0.3) is 0 Å². The van der Waals surface area contributed by atoms with E-state index in [1.165, 1.54) is 5.56 Å². The summed E-state index contributed by atoms with van der Waals surface area (Å²) in [6.45, 7) is 1.99. The highest BCUT2D eigenvalue weighted by Crippen LogP contribution is 2.18. The molecule has 110 valence electrons. The minimum atomic E-state index is 0.0107. The summed E-state index contributed by atoms with van der Waals surface area (Å²) in [6.07, 6.45) is 3.54. The Morgan fingerprint density at radius 2 is 2.10 bits per heavy atom. The Bertz CT molecular complexity index is 592. The van der Waals surface area contributed by atoms with Crippen molar-refractivity contribution in [1.29, 1.82) is 0 Å². The molecule has 0 saturated carbocycles. The second kappa shape index (κ2) is 8.20. The van der Waals surface area contributed by atoms with Gasteiger partial charge in [0.15, 0.2) is 0 Å². The van der Waals surface area contributed by atoms with Crippen molar-refractivity contribution >= 4 is 33.6 Å². The molecule has 3 nitrogen and oxygen atoms in total. The number of hydrogen-bond acceptors (Lipinski definition) is 3. The van der Waals surface area contributed by atoms with E-state index in [-0.39, 0.29) is 11.9 Å². The monoisotopic (exact) mass is 364 g/mol. The Labute approximate surface area is 137 Å². The fourth-order valence-corrected chi connectivity index (χ4v) is 3.10. The highest BCUT2D eigenvalue weighted by molar-refractivity contribution is 9.10. The first-order valence-electron chi connectivity index (χ1n) is 6.66. The molecule has 1 heterocycles. The molecule has 1 atom stereocenters. The lowest BCUT2D eigenvalue weighted by Crippen LogP contribution is -2.28. The van der Waals surface area contributed by atoms with Crippen molar-refractivity contribution in [2.45, 2.75) is 18.7 Å². The Hall–Kier alpha value is -1.33. The third-order valence-corrected chi connectivity index (χ3v) is 4.47. The lowest BCUT2D eigenvalue weighted by Gasteiger charge is -2.14. The fourth-order valence-electron chi connectivity index (χ4n) is 1.88. The van der Waals surface area contributed by atoms with Crippen molar-refractivity contribution in [3.8, 4) is 0 Å². The molecule has 0 radical (unpaired) electrons. The second-order valence-electron chi connectivity index (χ2n) is 4.69. The number of thioether (sulfide) groups is 1. The van der Waals surface area contributed by atoms with Gasteiger partial charge in [-0.3, -0.25) is 9.78 Å². The molecule has 1 N–H and O–H groups in total. The van der Waals surface area contributed by atoms with Gasteiger partial charge in [0, 0.05) is 22.6 Å². The van der Waals surface area contributed by atoms with E-state index in [0.29, 0.717) is 5.75 Å². The van der Waals surface area contributed by atoms with E-state index in [1.807, 2.05) is 43.3 Å². The first-order valence-corrected chi connectivity index (χ1v) is 8.61. The lowest BCUT2D eigenvalue weighted by molar-refractivity contribution is -0.119. The zero-order valence-electron chi connectivity index (χ0n) is 11.8. The van der Waals surface area contributed by atoms with E-state index in [1.54, 1.807) is 24.2 Å². The number of nitrogens with one attached hydrogen (secondary N) is 1. The Morgan fingerprint density at radius 1 is 1.33 bits per heavy atom. The van der Waals surface area contributed by atoms with Crippen molar-refractivity contribution in [2.75, 3.05) is 5.75 Å². The van der Waals surface area contributed by atoms with Gasteiger partial charge < -0.3 is 5.32 Å². The molecular formula is C16H17BrN2OS. The topological polar surface area (TPSA) is 42.0 Å². The molecule has 2 aromatic rings. The van der Waals surface area contributed by atoms with E-state index in [2.05, 4.69) is 26.2 Å². The van der Waals surface area contributed by atoms with Crippen LogP contribution in [0.15, 0.2) is 53.3 Å². The third-order valence-electron chi connectivity index (χ3n) is 2.98. The van der Waals surface area contributed by atoms with Gasteiger partial charge in [-0.1, -0.05) is 28.1 Å². The van der Waals surface area contributed by atoms with Crippen molar-refractivity contribution in [1.82, 2.24) is 10.3 Å². The van der Waals surface area contributed by atoms with Gasteiger partial charge >= 0.3 is 0 Å². The molecule has 1 aromatic heterocycles. The maximum atomic E-state index is 11.9. The third kappa shape index (κ3) is 5.52. The quantitative estimate of drug-likeness (QED) is 0.843. The molecule has 0 fully saturated rings. The molecule has 1 unspecified atom stereocenters. The average molecular weight is 365 g/mol. The number of carbonyl (C=O) groups is 1. The van der Waals surface area contributed by atoms with Crippen molar-refractivity contribution in [2.24, 2.45) is 0 Å². The summed E-state index contributed by atoms with van der Waals surface area (Å²) in [5, 5.41) is 3.02. The molecule has 1 aromatic carbocycles. The van der Waals surface area contributed by atoms with Crippen LogP contribution in [0.25, 0.3) is 0 Å². The van der Waals surface area contributed by atoms with Crippen LogP contribution in [0.2, 0.25) is 0 Å². The lowest BCUT2D eigenvalue weighted by atomic mass is 10.1. The number of benzene rings is 1. The molecule has 0 saturated heterocycles. The number of nitrogens with zero attached hydrogens (tertiary/aromatic N) is 1. The molecule has 0 aliphatic carbocycles. The van der Waals surface area contributed by atoms with Crippen molar-refractivity contribution in [3.63, 3.8) is 0 Å². The fraction of sp³-hybridized carbons (Fsp3) is 0.250. The van der Waals surface area contributed by atoms with Crippen LogP contribution < -0.4 is 5.32 Å². The van der Waals surface area contributed by atoms with Gasteiger partial charge in [-0.25, -0.2) is 0 Å². The number of hydrogen-bond donors (Lipinski definition) is 1. The minimum absolute atomic E-state index is 0.0107.